The molecular weight excluding hydrogens is 453 g/mol. The van der Waals surface area contributed by atoms with E-state index in [1.165, 1.54) is 11.6 Å². The minimum absolute atomic E-state index is 0.155. The molecule has 2 aliphatic rings. The van der Waals surface area contributed by atoms with Gasteiger partial charge in [-0.05, 0) is 61.4 Å². The first-order valence-corrected chi connectivity index (χ1v) is 11.8. The number of piperazine rings is 1. The third-order valence-electron chi connectivity index (χ3n) is 6.94. The summed E-state index contributed by atoms with van der Waals surface area (Å²) in [6.45, 7) is 4.28. The molecule has 0 aliphatic carbocycles. The van der Waals surface area contributed by atoms with Crippen LogP contribution in [0.3, 0.4) is 0 Å². The van der Waals surface area contributed by atoms with Gasteiger partial charge in [0.1, 0.15) is 0 Å². The average Bonchev–Trinajstić information content (AvgIpc) is 2.86. The molecular formula is C27H27F3N4O. The fourth-order valence-corrected chi connectivity index (χ4v) is 5.10. The van der Waals surface area contributed by atoms with E-state index in [4.69, 9.17) is 0 Å². The summed E-state index contributed by atoms with van der Waals surface area (Å²) in [7, 11) is 0. The number of fused-ring (bicyclic) bond motifs is 3. The Balaban J connectivity index is 1.44. The van der Waals surface area contributed by atoms with Crippen LogP contribution in [0.15, 0.2) is 66.9 Å². The lowest BCUT2D eigenvalue weighted by Gasteiger charge is -2.49. The quantitative estimate of drug-likeness (QED) is 0.594. The summed E-state index contributed by atoms with van der Waals surface area (Å²) in [6.07, 6.45) is -2.50. The molecule has 35 heavy (non-hydrogen) atoms. The number of alkyl halides is 3. The van der Waals surface area contributed by atoms with Gasteiger partial charge in [0.2, 0.25) is 5.91 Å². The van der Waals surface area contributed by atoms with Crippen molar-refractivity contribution in [3.63, 3.8) is 0 Å². The predicted octanol–water partition coefficient (Wildman–Crippen LogP) is 4.59. The van der Waals surface area contributed by atoms with Crippen molar-refractivity contribution < 1.29 is 18.0 Å². The Labute approximate surface area is 202 Å². The van der Waals surface area contributed by atoms with E-state index in [1.54, 1.807) is 18.3 Å². The number of halogens is 3. The van der Waals surface area contributed by atoms with Crippen molar-refractivity contribution in [2.45, 2.75) is 32.1 Å². The number of aromatic nitrogens is 1. The number of amides is 1. The first kappa shape index (κ1) is 23.2. The molecule has 5 rings (SSSR count). The zero-order valence-corrected chi connectivity index (χ0v) is 19.4. The fourth-order valence-electron chi connectivity index (χ4n) is 5.10. The molecule has 3 heterocycles. The molecule has 182 valence electrons. The van der Waals surface area contributed by atoms with Gasteiger partial charge in [0.15, 0.2) is 0 Å². The molecule has 0 bridgehead atoms. The van der Waals surface area contributed by atoms with E-state index < -0.39 is 17.7 Å². The molecule has 3 aromatic rings. The molecule has 1 saturated heterocycles. The number of rotatable bonds is 4. The van der Waals surface area contributed by atoms with Crippen molar-refractivity contribution in [2.24, 2.45) is 5.92 Å². The Hall–Kier alpha value is -3.55. The molecule has 1 N–H and O–H groups in total. The van der Waals surface area contributed by atoms with Gasteiger partial charge in [0, 0.05) is 37.2 Å². The van der Waals surface area contributed by atoms with E-state index in [-0.39, 0.29) is 24.9 Å². The number of hydrogen-bond acceptors (Lipinski definition) is 4. The lowest BCUT2D eigenvalue weighted by molar-refractivity contribution is -0.137. The Bertz CT molecular complexity index is 1200. The maximum Gasteiger partial charge on any atom is 0.416 e. The Morgan fingerprint density at radius 2 is 1.89 bits per heavy atom. The van der Waals surface area contributed by atoms with Crippen LogP contribution in [0.2, 0.25) is 0 Å². The number of carbonyl (C=O) groups excluding carboxylic acids is 1. The minimum atomic E-state index is -4.42. The summed E-state index contributed by atoms with van der Waals surface area (Å²) in [4.78, 5) is 22.0. The van der Waals surface area contributed by atoms with Crippen LogP contribution >= 0.6 is 0 Å². The van der Waals surface area contributed by atoms with E-state index in [0.29, 0.717) is 18.7 Å². The van der Waals surface area contributed by atoms with Crippen LogP contribution in [0, 0.1) is 12.8 Å². The number of carbonyl (C=O) groups is 1. The standard InChI is InChI=1S/C27H27F3N4O/c1-18-5-8-22(9-6-18)33-12-13-34-24-10-7-20(27(28,29)30)14-19(24)15-23(25(34)17-33)26(35)32-16-21-4-2-3-11-31-21/h2-11,14,23,25H,12-13,15-17H2,1H3,(H,32,35)/t23-,25-/m0/s1. The molecule has 1 aromatic heterocycles. The van der Waals surface area contributed by atoms with Gasteiger partial charge < -0.3 is 15.1 Å². The Morgan fingerprint density at radius 1 is 1.09 bits per heavy atom. The maximum absolute atomic E-state index is 13.4. The summed E-state index contributed by atoms with van der Waals surface area (Å²) in [5.74, 6) is -0.651. The third-order valence-corrected chi connectivity index (χ3v) is 6.94. The van der Waals surface area contributed by atoms with Crippen LogP contribution in [0.4, 0.5) is 24.5 Å². The second kappa shape index (κ2) is 9.24. The molecule has 2 atom stereocenters. The number of hydrogen-bond donors (Lipinski definition) is 1. The number of nitrogens with one attached hydrogen (secondary N) is 1. The molecule has 0 radical (unpaired) electrons. The zero-order chi connectivity index (χ0) is 24.6. The summed E-state index contributed by atoms with van der Waals surface area (Å²) in [5.41, 5.74) is 3.67. The lowest BCUT2D eigenvalue weighted by atomic mass is 9.82. The first-order valence-electron chi connectivity index (χ1n) is 11.8. The summed E-state index contributed by atoms with van der Waals surface area (Å²) in [6, 6.07) is 17.5. The maximum atomic E-state index is 13.4. The largest absolute Gasteiger partial charge is 0.416 e. The predicted molar refractivity (Wildman–Crippen MR) is 129 cm³/mol. The van der Waals surface area contributed by atoms with Crippen molar-refractivity contribution in [2.75, 3.05) is 29.4 Å². The molecule has 0 unspecified atom stereocenters. The lowest BCUT2D eigenvalue weighted by Crippen LogP contribution is -2.61. The molecule has 0 spiro atoms. The average molecular weight is 481 g/mol. The van der Waals surface area contributed by atoms with Gasteiger partial charge in [0.25, 0.3) is 0 Å². The number of pyridine rings is 1. The van der Waals surface area contributed by atoms with E-state index in [2.05, 4.69) is 44.4 Å². The van der Waals surface area contributed by atoms with Crippen LogP contribution in [-0.4, -0.2) is 36.6 Å². The number of nitrogens with zero attached hydrogens (tertiary/aromatic N) is 3. The van der Waals surface area contributed by atoms with Gasteiger partial charge in [-0.1, -0.05) is 23.8 Å². The molecule has 0 saturated carbocycles. The van der Waals surface area contributed by atoms with Gasteiger partial charge in [0.05, 0.1) is 29.8 Å². The summed E-state index contributed by atoms with van der Waals surface area (Å²) >= 11 is 0. The van der Waals surface area contributed by atoms with Crippen LogP contribution in [0.25, 0.3) is 0 Å². The van der Waals surface area contributed by atoms with Gasteiger partial charge in [-0.15, -0.1) is 0 Å². The monoisotopic (exact) mass is 480 g/mol. The van der Waals surface area contributed by atoms with Crippen LogP contribution in [0.1, 0.15) is 22.4 Å². The number of anilines is 2. The van der Waals surface area contributed by atoms with Crippen molar-refractivity contribution >= 4 is 17.3 Å². The topological polar surface area (TPSA) is 48.5 Å². The number of benzene rings is 2. The highest BCUT2D eigenvalue weighted by molar-refractivity contribution is 5.82. The highest BCUT2D eigenvalue weighted by Crippen LogP contribution is 2.40. The number of aryl methyl sites for hydroxylation is 1. The molecule has 8 heteroatoms. The molecule has 2 aromatic carbocycles. The molecule has 2 aliphatic heterocycles. The molecule has 1 fully saturated rings. The normalized spacial score (nSPS) is 19.7. The first-order chi connectivity index (χ1) is 16.8. The minimum Gasteiger partial charge on any atom is -0.368 e. The van der Waals surface area contributed by atoms with Crippen molar-refractivity contribution in [3.05, 3.63) is 89.2 Å². The second-order valence-electron chi connectivity index (χ2n) is 9.23. The van der Waals surface area contributed by atoms with Crippen LogP contribution in [0.5, 0.6) is 0 Å². The van der Waals surface area contributed by atoms with E-state index in [1.807, 2.05) is 19.1 Å². The van der Waals surface area contributed by atoms with Crippen molar-refractivity contribution in [3.8, 4) is 0 Å². The van der Waals surface area contributed by atoms with Gasteiger partial charge in [-0.3, -0.25) is 9.78 Å². The van der Waals surface area contributed by atoms with Gasteiger partial charge in [-0.2, -0.15) is 13.2 Å². The highest BCUT2D eigenvalue weighted by atomic mass is 19.4. The highest BCUT2D eigenvalue weighted by Gasteiger charge is 2.42. The zero-order valence-electron chi connectivity index (χ0n) is 19.4. The van der Waals surface area contributed by atoms with Crippen molar-refractivity contribution in [1.29, 1.82) is 0 Å². The Morgan fingerprint density at radius 3 is 2.60 bits per heavy atom. The fraction of sp³-hybridized carbons (Fsp3) is 0.333. The summed E-state index contributed by atoms with van der Waals surface area (Å²) < 4.78 is 40.2. The van der Waals surface area contributed by atoms with E-state index in [9.17, 15) is 18.0 Å². The molecule has 5 nitrogen and oxygen atoms in total. The third kappa shape index (κ3) is 4.83. The van der Waals surface area contributed by atoms with E-state index in [0.717, 1.165) is 29.7 Å². The Kier molecular flexibility index (Phi) is 6.13. The molecule has 1 amide bonds. The van der Waals surface area contributed by atoms with Crippen LogP contribution in [-0.2, 0) is 23.9 Å². The smallest absolute Gasteiger partial charge is 0.368 e. The van der Waals surface area contributed by atoms with Gasteiger partial charge in [-0.25, -0.2) is 0 Å². The van der Waals surface area contributed by atoms with E-state index >= 15 is 0 Å². The summed E-state index contributed by atoms with van der Waals surface area (Å²) in [5, 5.41) is 2.97. The van der Waals surface area contributed by atoms with Crippen molar-refractivity contribution in [1.82, 2.24) is 10.3 Å². The SMILES string of the molecule is Cc1ccc(N2CCN3c4ccc(C(F)(F)F)cc4C[C@H](C(=O)NCc4ccccn4)[C@@H]3C2)cc1. The van der Waals surface area contributed by atoms with Gasteiger partial charge >= 0.3 is 6.18 Å². The second-order valence-corrected chi connectivity index (χ2v) is 9.23. The van der Waals surface area contributed by atoms with Crippen LogP contribution < -0.4 is 15.1 Å².